The van der Waals surface area contributed by atoms with Crippen molar-refractivity contribution in [2.45, 2.75) is 19.9 Å². The maximum Gasteiger partial charge on any atom is 0.330 e. The predicted molar refractivity (Wildman–Crippen MR) is 57.9 cm³/mol. The van der Waals surface area contributed by atoms with Crippen LogP contribution in [0, 0.1) is 13.8 Å². The molecule has 1 unspecified atom stereocenters. The third-order valence-electron chi connectivity index (χ3n) is 2.14. The molecule has 6 heteroatoms. The summed E-state index contributed by atoms with van der Waals surface area (Å²) in [7, 11) is 1.47. The zero-order valence-corrected chi connectivity index (χ0v) is 10.4. The van der Waals surface area contributed by atoms with E-state index in [1.165, 1.54) is 11.8 Å². The van der Waals surface area contributed by atoms with E-state index in [0.29, 0.717) is 0 Å². The maximum absolute atomic E-state index is 11.0. The number of nitrogens with zero attached hydrogens (tertiary/aromatic N) is 2. The van der Waals surface area contributed by atoms with E-state index in [1.54, 1.807) is 0 Å². The highest BCUT2D eigenvalue weighted by molar-refractivity contribution is 9.10. The van der Waals surface area contributed by atoms with E-state index in [4.69, 9.17) is 9.84 Å². The van der Waals surface area contributed by atoms with Gasteiger partial charge in [-0.2, -0.15) is 5.10 Å². The Morgan fingerprint density at radius 3 is 2.60 bits per heavy atom. The normalized spacial score (nSPS) is 12.8. The van der Waals surface area contributed by atoms with Gasteiger partial charge in [-0.05, 0) is 29.8 Å². The van der Waals surface area contributed by atoms with Crippen LogP contribution in [-0.2, 0) is 9.53 Å². The highest BCUT2D eigenvalue weighted by Crippen LogP contribution is 2.23. The molecule has 15 heavy (non-hydrogen) atoms. The van der Waals surface area contributed by atoms with Gasteiger partial charge in [-0.15, -0.1) is 0 Å². The Morgan fingerprint density at radius 2 is 2.27 bits per heavy atom. The summed E-state index contributed by atoms with van der Waals surface area (Å²) in [5.41, 5.74) is 1.56. The van der Waals surface area contributed by atoms with Crippen LogP contribution in [0.25, 0.3) is 0 Å². The van der Waals surface area contributed by atoms with Gasteiger partial charge < -0.3 is 9.84 Å². The van der Waals surface area contributed by atoms with Crippen LogP contribution in [0.3, 0.4) is 0 Å². The second-order valence-corrected chi connectivity index (χ2v) is 4.03. The molecular weight excluding hydrogens is 264 g/mol. The van der Waals surface area contributed by atoms with E-state index < -0.39 is 12.0 Å². The Bertz CT molecular complexity index is 376. The summed E-state index contributed by atoms with van der Waals surface area (Å²) in [5.74, 6) is -0.949. The molecule has 5 nitrogen and oxygen atoms in total. The highest BCUT2D eigenvalue weighted by atomic mass is 79.9. The van der Waals surface area contributed by atoms with Gasteiger partial charge in [0.2, 0.25) is 0 Å². The first-order valence-corrected chi connectivity index (χ1v) is 5.21. The van der Waals surface area contributed by atoms with E-state index in [9.17, 15) is 4.79 Å². The minimum Gasteiger partial charge on any atom is -0.480 e. The number of methoxy groups -OCH3 is 1. The van der Waals surface area contributed by atoms with E-state index in [-0.39, 0.29) is 6.61 Å². The van der Waals surface area contributed by atoms with Crippen molar-refractivity contribution in [3.8, 4) is 0 Å². The number of ether oxygens (including phenoxy) is 1. The van der Waals surface area contributed by atoms with Gasteiger partial charge in [0.05, 0.1) is 22.5 Å². The van der Waals surface area contributed by atoms with Gasteiger partial charge in [0.15, 0.2) is 6.04 Å². The number of hydrogen-bond donors (Lipinski definition) is 1. The molecule has 1 rings (SSSR count). The fourth-order valence-electron chi connectivity index (χ4n) is 1.35. The average Bonchev–Trinajstić information content (AvgIpc) is 2.42. The van der Waals surface area contributed by atoms with Gasteiger partial charge in [-0.1, -0.05) is 0 Å². The molecule has 0 aliphatic heterocycles. The molecule has 0 aromatic carbocycles. The van der Waals surface area contributed by atoms with Crippen LogP contribution < -0.4 is 0 Å². The molecular formula is C9H13BrN2O3. The van der Waals surface area contributed by atoms with Crippen LogP contribution in [0.2, 0.25) is 0 Å². The van der Waals surface area contributed by atoms with Crippen molar-refractivity contribution in [2.75, 3.05) is 13.7 Å². The first kappa shape index (κ1) is 12.2. The van der Waals surface area contributed by atoms with Gasteiger partial charge in [0.25, 0.3) is 0 Å². The largest absolute Gasteiger partial charge is 0.480 e. The number of carboxylic acids is 1. The summed E-state index contributed by atoms with van der Waals surface area (Å²) in [6, 6.07) is -0.778. The van der Waals surface area contributed by atoms with Gasteiger partial charge >= 0.3 is 5.97 Å². The first-order valence-electron chi connectivity index (χ1n) is 4.42. The third kappa shape index (κ3) is 2.38. The number of carbonyl (C=O) groups is 1. The summed E-state index contributed by atoms with van der Waals surface area (Å²) in [4.78, 5) is 11.0. The van der Waals surface area contributed by atoms with Crippen LogP contribution >= 0.6 is 15.9 Å². The van der Waals surface area contributed by atoms with Gasteiger partial charge in [0, 0.05) is 7.11 Å². The summed E-state index contributed by atoms with van der Waals surface area (Å²) in [5, 5.41) is 13.2. The van der Waals surface area contributed by atoms with Crippen LogP contribution in [0.15, 0.2) is 4.47 Å². The molecule has 1 N–H and O–H groups in total. The number of aliphatic carboxylic acids is 1. The molecule has 0 saturated carbocycles. The van der Waals surface area contributed by atoms with Crippen LogP contribution in [0.1, 0.15) is 17.4 Å². The van der Waals surface area contributed by atoms with E-state index in [2.05, 4.69) is 21.0 Å². The zero-order chi connectivity index (χ0) is 11.6. The number of halogens is 1. The lowest BCUT2D eigenvalue weighted by atomic mass is 10.3. The van der Waals surface area contributed by atoms with E-state index >= 15 is 0 Å². The SMILES string of the molecule is COCC(C(=O)O)n1nc(C)c(Br)c1C. The minimum atomic E-state index is -0.949. The molecule has 1 atom stereocenters. The summed E-state index contributed by atoms with van der Waals surface area (Å²) >= 11 is 3.35. The highest BCUT2D eigenvalue weighted by Gasteiger charge is 2.23. The van der Waals surface area contributed by atoms with Crippen LogP contribution in [0.4, 0.5) is 0 Å². The zero-order valence-electron chi connectivity index (χ0n) is 8.82. The second kappa shape index (κ2) is 4.76. The minimum absolute atomic E-state index is 0.101. The molecule has 1 aromatic heterocycles. The van der Waals surface area contributed by atoms with Crippen molar-refractivity contribution < 1.29 is 14.6 Å². The summed E-state index contributed by atoms with van der Waals surface area (Å²) in [6.45, 7) is 3.73. The smallest absolute Gasteiger partial charge is 0.330 e. The molecule has 0 amide bonds. The topological polar surface area (TPSA) is 64.3 Å². The Hall–Kier alpha value is -0.880. The Morgan fingerprint density at radius 1 is 1.67 bits per heavy atom. The standard InChI is InChI=1S/C9H13BrN2O3/c1-5-8(10)6(2)12(11-5)7(4-15-3)9(13)14/h7H,4H2,1-3H3,(H,13,14). The molecule has 0 aliphatic rings. The molecule has 0 radical (unpaired) electrons. The van der Waals surface area contributed by atoms with Gasteiger partial charge in [-0.25, -0.2) is 4.79 Å². The molecule has 0 fully saturated rings. The van der Waals surface area contributed by atoms with Crippen molar-refractivity contribution in [3.05, 3.63) is 15.9 Å². The van der Waals surface area contributed by atoms with Crippen molar-refractivity contribution in [3.63, 3.8) is 0 Å². The van der Waals surface area contributed by atoms with E-state index in [0.717, 1.165) is 15.9 Å². The Labute approximate surface area is 96.2 Å². The first-order chi connectivity index (χ1) is 6.99. The van der Waals surface area contributed by atoms with Crippen molar-refractivity contribution in [2.24, 2.45) is 0 Å². The van der Waals surface area contributed by atoms with Crippen molar-refractivity contribution in [1.29, 1.82) is 0 Å². The lowest BCUT2D eigenvalue weighted by Gasteiger charge is -2.13. The monoisotopic (exact) mass is 276 g/mol. The lowest BCUT2D eigenvalue weighted by Crippen LogP contribution is -2.25. The van der Waals surface area contributed by atoms with Crippen molar-refractivity contribution in [1.82, 2.24) is 9.78 Å². The molecule has 0 aliphatic carbocycles. The van der Waals surface area contributed by atoms with Gasteiger partial charge in [0.1, 0.15) is 0 Å². The average molecular weight is 277 g/mol. The fourth-order valence-corrected chi connectivity index (χ4v) is 1.61. The van der Waals surface area contributed by atoms with E-state index in [1.807, 2.05) is 13.8 Å². The molecule has 1 aromatic rings. The Balaban J connectivity index is 3.11. The number of carboxylic acid groups (broad SMARTS) is 1. The van der Waals surface area contributed by atoms with Crippen LogP contribution in [-0.4, -0.2) is 34.6 Å². The predicted octanol–water partition coefficient (Wildman–Crippen LogP) is 1.53. The summed E-state index contributed by atoms with van der Waals surface area (Å²) < 4.78 is 7.17. The number of aryl methyl sites for hydroxylation is 1. The lowest BCUT2D eigenvalue weighted by molar-refractivity contribution is -0.143. The molecule has 0 bridgehead atoms. The quantitative estimate of drug-likeness (QED) is 0.906. The number of rotatable bonds is 4. The molecule has 0 spiro atoms. The second-order valence-electron chi connectivity index (χ2n) is 3.24. The maximum atomic E-state index is 11.0. The van der Waals surface area contributed by atoms with Crippen LogP contribution in [0.5, 0.6) is 0 Å². The third-order valence-corrected chi connectivity index (χ3v) is 3.29. The number of hydrogen-bond acceptors (Lipinski definition) is 3. The molecule has 84 valence electrons. The molecule has 1 heterocycles. The summed E-state index contributed by atoms with van der Waals surface area (Å²) in [6.07, 6.45) is 0. The van der Waals surface area contributed by atoms with Crippen molar-refractivity contribution >= 4 is 21.9 Å². The Kier molecular flexibility index (Phi) is 3.87. The number of aromatic nitrogens is 2. The fraction of sp³-hybridized carbons (Fsp3) is 0.556. The molecule has 0 saturated heterocycles. The van der Waals surface area contributed by atoms with Gasteiger partial charge in [-0.3, -0.25) is 4.68 Å².